The van der Waals surface area contributed by atoms with Gasteiger partial charge in [0, 0.05) is 25.9 Å². The molecule has 0 radical (unpaired) electrons. The summed E-state index contributed by atoms with van der Waals surface area (Å²) in [5.41, 5.74) is 0. The van der Waals surface area contributed by atoms with Gasteiger partial charge in [-0.05, 0) is 33.6 Å². The van der Waals surface area contributed by atoms with E-state index >= 15 is 0 Å². The Bertz CT molecular complexity index is 379. The van der Waals surface area contributed by atoms with Gasteiger partial charge in [0.15, 0.2) is 0 Å². The van der Waals surface area contributed by atoms with Crippen LogP contribution < -0.4 is 0 Å². The number of unbranched alkanes of at least 4 members (excludes halogenated alkanes) is 21. The van der Waals surface area contributed by atoms with E-state index in [4.69, 9.17) is 13.3 Å². The van der Waals surface area contributed by atoms with Crippen molar-refractivity contribution in [1.29, 1.82) is 0 Å². The number of alkyl halides is 1. The van der Waals surface area contributed by atoms with Gasteiger partial charge >= 0.3 is 8.80 Å². The molecule has 0 N–H and O–H groups in total. The second-order valence-electron chi connectivity index (χ2n) is 10.8. The zero-order valence-electron chi connectivity index (χ0n) is 26.9. The van der Waals surface area contributed by atoms with Crippen molar-refractivity contribution in [2.45, 2.75) is 188 Å². The van der Waals surface area contributed by atoms with Crippen LogP contribution in [0, 0.1) is 0 Å². The quantitative estimate of drug-likeness (QED) is 0.0643. The Balaban J connectivity index is 0. The second kappa shape index (κ2) is 35.1. The topological polar surface area (TPSA) is 27.7 Å². The molecule has 3 nitrogen and oxygen atoms in total. The maximum Gasteiger partial charge on any atom is 0.500 e. The van der Waals surface area contributed by atoms with Crippen molar-refractivity contribution in [3.8, 4) is 0 Å². The van der Waals surface area contributed by atoms with Gasteiger partial charge in [-0.3, -0.25) is 4.39 Å². The molecule has 232 valence electrons. The smallest absolute Gasteiger partial charge is 0.374 e. The Labute approximate surface area is 241 Å². The molecule has 38 heavy (non-hydrogen) atoms. The fourth-order valence-electron chi connectivity index (χ4n) is 4.94. The van der Waals surface area contributed by atoms with Crippen molar-refractivity contribution < 1.29 is 17.7 Å². The summed E-state index contributed by atoms with van der Waals surface area (Å²) in [6.45, 7) is 12.5. The van der Waals surface area contributed by atoms with Crippen LogP contribution in [-0.2, 0) is 13.3 Å². The van der Waals surface area contributed by atoms with Crippen LogP contribution in [0.15, 0.2) is 0 Å². The normalized spacial score (nSPS) is 11.5. The van der Waals surface area contributed by atoms with Gasteiger partial charge in [-0.1, -0.05) is 149 Å². The Hall–Kier alpha value is 0.0269. The maximum atomic E-state index is 11.8. The summed E-state index contributed by atoms with van der Waals surface area (Å²) in [4.78, 5) is 0. The van der Waals surface area contributed by atoms with Gasteiger partial charge in [0.05, 0.1) is 6.67 Å². The molecule has 0 rings (SSSR count). The van der Waals surface area contributed by atoms with Crippen molar-refractivity contribution in [1.82, 2.24) is 0 Å². The van der Waals surface area contributed by atoms with Gasteiger partial charge in [-0.15, -0.1) is 0 Å². The molecule has 0 aliphatic carbocycles. The molecule has 5 heteroatoms. The lowest BCUT2D eigenvalue weighted by molar-refractivity contribution is 0.0706. The van der Waals surface area contributed by atoms with Gasteiger partial charge in [0.1, 0.15) is 0 Å². The lowest BCUT2D eigenvalue weighted by atomic mass is 10.0. The summed E-state index contributed by atoms with van der Waals surface area (Å²) >= 11 is 0. The predicted molar refractivity (Wildman–Crippen MR) is 169 cm³/mol. The molecular weight excluding hydrogens is 491 g/mol. The number of hydrogen-bond donors (Lipinski definition) is 0. The highest BCUT2D eigenvalue weighted by Gasteiger charge is 2.39. The van der Waals surface area contributed by atoms with Crippen molar-refractivity contribution in [2.24, 2.45) is 0 Å². The third-order valence-corrected chi connectivity index (χ3v) is 10.3. The summed E-state index contributed by atoms with van der Waals surface area (Å²) in [5, 5.41) is 0. The Morgan fingerprint density at radius 2 is 0.632 bits per heavy atom. The van der Waals surface area contributed by atoms with E-state index in [2.05, 4.69) is 13.8 Å². The van der Waals surface area contributed by atoms with Crippen molar-refractivity contribution in [2.75, 3.05) is 26.5 Å². The molecule has 0 aromatic heterocycles. The van der Waals surface area contributed by atoms with E-state index in [0.29, 0.717) is 19.8 Å². The lowest BCUT2D eigenvalue weighted by Crippen LogP contribution is -2.45. The van der Waals surface area contributed by atoms with Gasteiger partial charge in [-0.25, -0.2) is 0 Å². The van der Waals surface area contributed by atoms with E-state index < -0.39 is 8.80 Å². The molecule has 0 amide bonds. The Kier molecular flexibility index (Phi) is 37.1. The molecule has 0 atom stereocenters. The SMILES string of the molecule is CCCCCCCCCCCCCCCCCF.CCCCCCCCCC[Si](OCC)(OCC)OCC. The summed E-state index contributed by atoms with van der Waals surface area (Å²) in [6.07, 6.45) is 30.6. The minimum Gasteiger partial charge on any atom is -0.374 e. The number of hydrogen-bond acceptors (Lipinski definition) is 3. The minimum atomic E-state index is -2.38. The molecule has 0 aliphatic rings. The van der Waals surface area contributed by atoms with Crippen molar-refractivity contribution in [3.63, 3.8) is 0 Å². The van der Waals surface area contributed by atoms with Crippen LogP contribution in [0.5, 0.6) is 0 Å². The summed E-state index contributed by atoms with van der Waals surface area (Å²) in [7, 11) is -2.38. The Morgan fingerprint density at radius 3 is 0.895 bits per heavy atom. The van der Waals surface area contributed by atoms with E-state index in [1.165, 1.54) is 135 Å². The van der Waals surface area contributed by atoms with Gasteiger partial charge in [-0.2, -0.15) is 0 Å². The van der Waals surface area contributed by atoms with Crippen LogP contribution in [0.25, 0.3) is 0 Å². The molecule has 0 aromatic rings. The first-order chi connectivity index (χ1) is 18.7. The zero-order valence-corrected chi connectivity index (χ0v) is 27.9. The molecule has 0 bridgehead atoms. The molecule has 0 aromatic carbocycles. The van der Waals surface area contributed by atoms with E-state index in [1.54, 1.807) is 0 Å². The third kappa shape index (κ3) is 30.6. The van der Waals surface area contributed by atoms with E-state index in [-0.39, 0.29) is 6.67 Å². The first-order valence-corrected chi connectivity index (χ1v) is 19.1. The summed E-state index contributed by atoms with van der Waals surface area (Å²) in [5.74, 6) is 0. The Morgan fingerprint density at radius 1 is 0.368 bits per heavy atom. The molecule has 0 fully saturated rings. The monoisotopic (exact) mass is 563 g/mol. The average Bonchev–Trinajstić information content (AvgIpc) is 2.91. The molecule has 0 heterocycles. The highest BCUT2D eigenvalue weighted by molar-refractivity contribution is 6.60. The highest BCUT2D eigenvalue weighted by atomic mass is 28.4. The molecular formula is C33H71FO3Si. The molecule has 0 unspecified atom stereocenters. The average molecular weight is 563 g/mol. The summed E-state index contributed by atoms with van der Waals surface area (Å²) < 4.78 is 29.4. The minimum absolute atomic E-state index is 0.127. The highest BCUT2D eigenvalue weighted by Crippen LogP contribution is 2.21. The van der Waals surface area contributed by atoms with Crippen molar-refractivity contribution in [3.05, 3.63) is 0 Å². The molecule has 0 saturated heterocycles. The van der Waals surface area contributed by atoms with E-state index in [9.17, 15) is 4.39 Å². The maximum absolute atomic E-state index is 11.8. The van der Waals surface area contributed by atoms with E-state index in [1.807, 2.05) is 20.8 Å². The second-order valence-corrected chi connectivity index (χ2v) is 13.6. The zero-order chi connectivity index (χ0) is 28.4. The standard InChI is InChI=1S/C17H35F.C16H36O3Si/c1-2-3-4-5-6-7-8-9-10-11-12-13-14-15-16-17-18;1-5-9-10-11-12-13-14-15-16-20(17-6-2,18-7-3)19-8-4/h2-17H2,1H3;5-16H2,1-4H3. The van der Waals surface area contributed by atoms with E-state index in [0.717, 1.165) is 18.9 Å². The molecule has 0 aliphatic heterocycles. The fraction of sp³-hybridized carbons (Fsp3) is 1.00. The number of halogens is 1. The van der Waals surface area contributed by atoms with Crippen LogP contribution in [0.3, 0.4) is 0 Å². The van der Waals surface area contributed by atoms with Crippen LogP contribution in [0.2, 0.25) is 6.04 Å². The van der Waals surface area contributed by atoms with Crippen molar-refractivity contribution >= 4 is 8.80 Å². The third-order valence-electron chi connectivity index (χ3n) is 7.17. The molecule has 0 saturated carbocycles. The number of rotatable bonds is 30. The van der Waals surface area contributed by atoms with Crippen LogP contribution in [0.4, 0.5) is 4.39 Å². The van der Waals surface area contributed by atoms with Crippen LogP contribution in [-0.4, -0.2) is 35.3 Å². The largest absolute Gasteiger partial charge is 0.500 e. The first-order valence-electron chi connectivity index (χ1n) is 17.1. The van der Waals surface area contributed by atoms with Gasteiger partial charge in [0.25, 0.3) is 0 Å². The predicted octanol–water partition coefficient (Wildman–Crippen LogP) is 12.0. The van der Waals surface area contributed by atoms with Gasteiger partial charge in [0.2, 0.25) is 0 Å². The lowest BCUT2D eigenvalue weighted by Gasteiger charge is -2.28. The molecule has 0 spiro atoms. The van der Waals surface area contributed by atoms with Crippen LogP contribution in [0.1, 0.15) is 182 Å². The fourth-order valence-corrected chi connectivity index (χ4v) is 7.63. The van der Waals surface area contributed by atoms with Crippen LogP contribution >= 0.6 is 0 Å². The van der Waals surface area contributed by atoms with Gasteiger partial charge < -0.3 is 13.3 Å². The first kappa shape index (κ1) is 40.2. The summed E-state index contributed by atoms with van der Waals surface area (Å²) in [6, 6.07) is 0.970.